The van der Waals surface area contributed by atoms with E-state index in [1.54, 1.807) is 0 Å². The highest BCUT2D eigenvalue weighted by atomic mass is 35.5. The summed E-state index contributed by atoms with van der Waals surface area (Å²) in [6.45, 7) is 6.47. The summed E-state index contributed by atoms with van der Waals surface area (Å²) in [5, 5.41) is 3.34. The lowest BCUT2D eigenvalue weighted by Gasteiger charge is -2.33. The van der Waals surface area contributed by atoms with Crippen LogP contribution in [0.25, 0.3) is 0 Å². The zero-order valence-electron chi connectivity index (χ0n) is 11.2. The largest absolute Gasteiger partial charge is 0.381 e. The minimum atomic E-state index is 0. The van der Waals surface area contributed by atoms with Crippen LogP contribution >= 0.6 is 12.4 Å². The van der Waals surface area contributed by atoms with Gasteiger partial charge in [-0.15, -0.1) is 12.4 Å². The Kier molecular flexibility index (Phi) is 6.97. The Morgan fingerprint density at radius 2 is 2.28 bits per heavy atom. The van der Waals surface area contributed by atoms with Gasteiger partial charge in [-0.2, -0.15) is 0 Å². The molecule has 2 unspecified atom stereocenters. The summed E-state index contributed by atoms with van der Waals surface area (Å²) in [4.78, 5) is 14.6. The van der Waals surface area contributed by atoms with Crippen LogP contribution < -0.4 is 5.32 Å². The molecule has 5 heteroatoms. The van der Waals surface area contributed by atoms with Gasteiger partial charge in [0.2, 0.25) is 5.91 Å². The molecule has 0 aliphatic carbocycles. The van der Waals surface area contributed by atoms with Crippen molar-refractivity contribution in [2.24, 2.45) is 5.92 Å². The number of carbonyl (C=O) groups excluding carboxylic acids is 1. The van der Waals surface area contributed by atoms with Crippen LogP contribution in [-0.4, -0.2) is 49.7 Å². The minimum Gasteiger partial charge on any atom is -0.381 e. The average Bonchev–Trinajstić information content (AvgIpc) is 2.90. The van der Waals surface area contributed by atoms with Crippen LogP contribution in [0.5, 0.6) is 0 Å². The maximum atomic E-state index is 12.5. The van der Waals surface area contributed by atoms with E-state index in [4.69, 9.17) is 4.74 Å². The standard InChI is InChI=1S/C13H24N2O2.ClH/c1-2-7-15(12-5-6-14-9-12)13(16)11-4-3-8-17-10-11;/h11-12,14H,2-10H2,1H3;1H. The predicted octanol–water partition coefficient (Wildman–Crippen LogP) is 1.44. The van der Waals surface area contributed by atoms with Gasteiger partial charge in [-0.3, -0.25) is 4.79 Å². The third-order valence-corrected chi connectivity index (χ3v) is 3.73. The molecule has 2 atom stereocenters. The van der Waals surface area contributed by atoms with Crippen LogP contribution in [0.15, 0.2) is 0 Å². The second kappa shape index (κ2) is 7.97. The number of amides is 1. The van der Waals surface area contributed by atoms with Gasteiger partial charge in [0.25, 0.3) is 0 Å². The van der Waals surface area contributed by atoms with E-state index in [0.29, 0.717) is 18.6 Å². The van der Waals surface area contributed by atoms with Crippen molar-refractivity contribution in [1.82, 2.24) is 10.2 Å². The normalized spacial score (nSPS) is 27.6. The van der Waals surface area contributed by atoms with Gasteiger partial charge in [-0.1, -0.05) is 6.92 Å². The van der Waals surface area contributed by atoms with Gasteiger partial charge >= 0.3 is 0 Å². The molecular weight excluding hydrogens is 252 g/mol. The van der Waals surface area contributed by atoms with Gasteiger partial charge in [-0.25, -0.2) is 0 Å². The van der Waals surface area contributed by atoms with Crippen molar-refractivity contribution >= 4 is 18.3 Å². The molecule has 1 amide bonds. The molecule has 0 bridgehead atoms. The molecule has 4 nitrogen and oxygen atoms in total. The molecule has 0 aromatic heterocycles. The average molecular weight is 277 g/mol. The highest BCUT2D eigenvalue weighted by Gasteiger charge is 2.31. The third-order valence-electron chi connectivity index (χ3n) is 3.73. The molecule has 0 radical (unpaired) electrons. The number of carbonyl (C=O) groups is 1. The monoisotopic (exact) mass is 276 g/mol. The number of nitrogens with one attached hydrogen (secondary N) is 1. The first-order chi connectivity index (χ1) is 8.33. The predicted molar refractivity (Wildman–Crippen MR) is 74.1 cm³/mol. The Morgan fingerprint density at radius 3 is 2.83 bits per heavy atom. The summed E-state index contributed by atoms with van der Waals surface area (Å²) >= 11 is 0. The van der Waals surface area contributed by atoms with Crippen molar-refractivity contribution in [3.05, 3.63) is 0 Å². The number of nitrogens with zero attached hydrogens (tertiary/aromatic N) is 1. The van der Waals surface area contributed by atoms with Crippen LogP contribution in [0.3, 0.4) is 0 Å². The van der Waals surface area contributed by atoms with Gasteiger partial charge in [0.1, 0.15) is 0 Å². The van der Waals surface area contributed by atoms with E-state index in [2.05, 4.69) is 17.1 Å². The van der Waals surface area contributed by atoms with Crippen LogP contribution in [0.4, 0.5) is 0 Å². The fourth-order valence-electron chi connectivity index (χ4n) is 2.79. The molecule has 0 spiro atoms. The molecule has 106 valence electrons. The van der Waals surface area contributed by atoms with Crippen molar-refractivity contribution in [1.29, 1.82) is 0 Å². The number of rotatable bonds is 4. The van der Waals surface area contributed by atoms with Gasteiger partial charge in [0.15, 0.2) is 0 Å². The second-order valence-corrected chi connectivity index (χ2v) is 5.09. The van der Waals surface area contributed by atoms with E-state index in [1.807, 2.05) is 0 Å². The Morgan fingerprint density at radius 1 is 1.44 bits per heavy atom. The quantitative estimate of drug-likeness (QED) is 0.845. The number of halogens is 1. The van der Waals surface area contributed by atoms with Gasteiger partial charge < -0.3 is 15.0 Å². The van der Waals surface area contributed by atoms with Crippen LogP contribution in [-0.2, 0) is 9.53 Å². The minimum absolute atomic E-state index is 0. The van der Waals surface area contributed by atoms with Crippen molar-refractivity contribution in [3.8, 4) is 0 Å². The summed E-state index contributed by atoms with van der Waals surface area (Å²) < 4.78 is 5.43. The number of hydrogen-bond donors (Lipinski definition) is 1. The lowest BCUT2D eigenvalue weighted by molar-refractivity contribution is -0.141. The molecule has 2 rings (SSSR count). The van der Waals surface area contributed by atoms with E-state index >= 15 is 0 Å². The van der Waals surface area contributed by atoms with E-state index in [9.17, 15) is 4.79 Å². The van der Waals surface area contributed by atoms with Gasteiger partial charge in [0.05, 0.1) is 12.5 Å². The Labute approximate surface area is 116 Å². The van der Waals surface area contributed by atoms with Crippen LogP contribution in [0, 0.1) is 5.92 Å². The molecular formula is C13H25ClN2O2. The van der Waals surface area contributed by atoms with Crippen molar-refractivity contribution in [2.75, 3.05) is 32.8 Å². The molecule has 1 N–H and O–H groups in total. The molecule has 0 aromatic carbocycles. The van der Waals surface area contributed by atoms with Crippen molar-refractivity contribution in [3.63, 3.8) is 0 Å². The fraction of sp³-hybridized carbons (Fsp3) is 0.923. The van der Waals surface area contributed by atoms with E-state index < -0.39 is 0 Å². The third kappa shape index (κ3) is 3.84. The Balaban J connectivity index is 0.00000162. The van der Waals surface area contributed by atoms with E-state index in [1.165, 1.54) is 0 Å². The first-order valence-electron chi connectivity index (χ1n) is 6.92. The smallest absolute Gasteiger partial charge is 0.228 e. The van der Waals surface area contributed by atoms with Crippen molar-refractivity contribution < 1.29 is 9.53 Å². The first-order valence-corrected chi connectivity index (χ1v) is 6.92. The Hall–Kier alpha value is -0.320. The molecule has 0 aromatic rings. The van der Waals surface area contributed by atoms with E-state index in [0.717, 1.165) is 51.9 Å². The summed E-state index contributed by atoms with van der Waals surface area (Å²) in [6, 6.07) is 0.407. The molecule has 18 heavy (non-hydrogen) atoms. The zero-order chi connectivity index (χ0) is 12.1. The molecule has 2 heterocycles. The summed E-state index contributed by atoms with van der Waals surface area (Å²) in [5.41, 5.74) is 0. The van der Waals surface area contributed by atoms with Gasteiger partial charge in [0, 0.05) is 25.7 Å². The van der Waals surface area contributed by atoms with Crippen molar-refractivity contribution in [2.45, 2.75) is 38.6 Å². The van der Waals surface area contributed by atoms with Gasteiger partial charge in [-0.05, 0) is 32.2 Å². The lowest BCUT2D eigenvalue weighted by Crippen LogP contribution is -2.46. The van der Waals surface area contributed by atoms with Crippen LogP contribution in [0.1, 0.15) is 32.6 Å². The zero-order valence-corrected chi connectivity index (χ0v) is 12.0. The van der Waals surface area contributed by atoms with Crippen LogP contribution in [0.2, 0.25) is 0 Å². The highest BCUT2D eigenvalue weighted by molar-refractivity contribution is 5.85. The highest BCUT2D eigenvalue weighted by Crippen LogP contribution is 2.20. The molecule has 0 saturated carbocycles. The first kappa shape index (κ1) is 15.7. The fourth-order valence-corrected chi connectivity index (χ4v) is 2.79. The number of ether oxygens (including phenoxy) is 1. The Bertz CT molecular complexity index is 251. The topological polar surface area (TPSA) is 41.6 Å². The maximum absolute atomic E-state index is 12.5. The summed E-state index contributed by atoms with van der Waals surface area (Å²) in [7, 11) is 0. The number of hydrogen-bond acceptors (Lipinski definition) is 3. The SMILES string of the molecule is CCCN(C(=O)C1CCCOC1)C1CCNC1.Cl. The molecule has 2 aliphatic heterocycles. The second-order valence-electron chi connectivity index (χ2n) is 5.09. The van der Waals surface area contributed by atoms with E-state index in [-0.39, 0.29) is 18.3 Å². The maximum Gasteiger partial charge on any atom is 0.228 e. The molecule has 2 aliphatic rings. The molecule has 2 fully saturated rings. The summed E-state index contributed by atoms with van der Waals surface area (Å²) in [5.74, 6) is 0.427. The lowest BCUT2D eigenvalue weighted by atomic mass is 9.99. The molecule has 2 saturated heterocycles. The summed E-state index contributed by atoms with van der Waals surface area (Å²) in [6.07, 6.45) is 4.16.